The summed E-state index contributed by atoms with van der Waals surface area (Å²) in [6, 6.07) is 8.04. The van der Waals surface area contributed by atoms with Gasteiger partial charge in [-0.1, -0.05) is 23.7 Å². The summed E-state index contributed by atoms with van der Waals surface area (Å²) in [6.07, 6.45) is 4.81. The third kappa shape index (κ3) is 4.24. The van der Waals surface area contributed by atoms with Crippen LogP contribution in [0.15, 0.2) is 41.6 Å². The second kappa shape index (κ2) is 7.69. The first kappa shape index (κ1) is 15.4. The van der Waals surface area contributed by atoms with Gasteiger partial charge in [-0.05, 0) is 31.0 Å². The standard InChI is InChI=1S/C14H19ClN4S/c1-2-19-9-11(8-17-19)7-12(18-16)10-20-14-6-4-3-5-13(14)15/h3-6,8-9,12,18H,2,7,10,16H2,1H3. The van der Waals surface area contributed by atoms with Crippen molar-refractivity contribution in [3.8, 4) is 0 Å². The van der Waals surface area contributed by atoms with Gasteiger partial charge >= 0.3 is 0 Å². The normalized spacial score (nSPS) is 12.6. The number of benzene rings is 1. The van der Waals surface area contributed by atoms with Crippen LogP contribution in [-0.2, 0) is 13.0 Å². The molecule has 0 aliphatic rings. The Labute approximate surface area is 128 Å². The van der Waals surface area contributed by atoms with Crippen LogP contribution in [0.2, 0.25) is 5.02 Å². The Bertz CT molecular complexity index is 543. The number of aryl methyl sites for hydroxylation is 1. The van der Waals surface area contributed by atoms with Crippen molar-refractivity contribution in [3.05, 3.63) is 47.2 Å². The van der Waals surface area contributed by atoms with Crippen LogP contribution in [0, 0.1) is 0 Å². The summed E-state index contributed by atoms with van der Waals surface area (Å²) in [4.78, 5) is 1.08. The first-order chi connectivity index (χ1) is 9.72. The Morgan fingerprint density at radius 2 is 2.25 bits per heavy atom. The number of thioether (sulfide) groups is 1. The molecule has 0 radical (unpaired) electrons. The van der Waals surface area contributed by atoms with Crippen LogP contribution in [0.5, 0.6) is 0 Å². The topological polar surface area (TPSA) is 55.9 Å². The fourth-order valence-corrected chi connectivity index (χ4v) is 3.16. The lowest BCUT2D eigenvalue weighted by molar-refractivity contribution is 0.574. The molecule has 108 valence electrons. The van der Waals surface area contributed by atoms with E-state index in [1.807, 2.05) is 35.1 Å². The van der Waals surface area contributed by atoms with E-state index in [9.17, 15) is 0 Å². The van der Waals surface area contributed by atoms with Crippen LogP contribution < -0.4 is 11.3 Å². The van der Waals surface area contributed by atoms with E-state index < -0.39 is 0 Å². The molecule has 0 spiro atoms. The van der Waals surface area contributed by atoms with E-state index in [1.54, 1.807) is 11.8 Å². The molecule has 0 bridgehead atoms. The van der Waals surface area contributed by atoms with Gasteiger partial charge in [0, 0.05) is 29.4 Å². The van der Waals surface area contributed by atoms with Crippen molar-refractivity contribution in [1.29, 1.82) is 0 Å². The number of aromatic nitrogens is 2. The monoisotopic (exact) mass is 310 g/mol. The van der Waals surface area contributed by atoms with Crippen molar-refractivity contribution in [2.45, 2.75) is 30.8 Å². The molecule has 1 aromatic heterocycles. The average molecular weight is 311 g/mol. The lowest BCUT2D eigenvalue weighted by Gasteiger charge is -2.14. The highest BCUT2D eigenvalue weighted by atomic mass is 35.5. The third-order valence-corrected chi connectivity index (χ3v) is 4.68. The summed E-state index contributed by atoms with van der Waals surface area (Å²) >= 11 is 7.86. The smallest absolute Gasteiger partial charge is 0.0541 e. The fourth-order valence-electron chi connectivity index (χ4n) is 1.89. The van der Waals surface area contributed by atoms with E-state index in [4.69, 9.17) is 17.4 Å². The van der Waals surface area contributed by atoms with Gasteiger partial charge in [-0.15, -0.1) is 11.8 Å². The van der Waals surface area contributed by atoms with E-state index >= 15 is 0 Å². The molecule has 0 aliphatic carbocycles. The van der Waals surface area contributed by atoms with E-state index in [1.165, 1.54) is 5.56 Å². The number of nitrogens with zero attached hydrogens (tertiary/aromatic N) is 2. The first-order valence-corrected chi connectivity index (χ1v) is 7.94. The molecule has 2 rings (SSSR count). The van der Waals surface area contributed by atoms with Gasteiger partial charge < -0.3 is 0 Å². The quantitative estimate of drug-likeness (QED) is 0.469. The highest BCUT2D eigenvalue weighted by Crippen LogP contribution is 2.27. The Hall–Kier alpha value is -1.01. The van der Waals surface area contributed by atoms with Crippen molar-refractivity contribution in [2.75, 3.05) is 5.75 Å². The van der Waals surface area contributed by atoms with Gasteiger partial charge in [-0.3, -0.25) is 16.0 Å². The minimum atomic E-state index is 0.186. The van der Waals surface area contributed by atoms with Crippen molar-refractivity contribution < 1.29 is 0 Å². The van der Waals surface area contributed by atoms with Crippen LogP contribution in [-0.4, -0.2) is 21.6 Å². The average Bonchev–Trinajstić information content (AvgIpc) is 2.92. The summed E-state index contributed by atoms with van der Waals surface area (Å²) < 4.78 is 1.92. The minimum Gasteiger partial charge on any atom is -0.273 e. The van der Waals surface area contributed by atoms with Gasteiger partial charge in [0.15, 0.2) is 0 Å². The number of hydrogen-bond donors (Lipinski definition) is 2. The number of rotatable bonds is 7. The van der Waals surface area contributed by atoms with E-state index in [-0.39, 0.29) is 6.04 Å². The Morgan fingerprint density at radius 3 is 2.90 bits per heavy atom. The molecule has 0 amide bonds. The van der Waals surface area contributed by atoms with Gasteiger partial charge in [-0.25, -0.2) is 0 Å². The van der Waals surface area contributed by atoms with Gasteiger partial charge in [0.05, 0.1) is 11.2 Å². The van der Waals surface area contributed by atoms with Crippen LogP contribution in [0.3, 0.4) is 0 Å². The predicted molar refractivity (Wildman–Crippen MR) is 84.9 cm³/mol. The zero-order valence-corrected chi connectivity index (χ0v) is 13.0. The molecular formula is C14H19ClN4S. The van der Waals surface area contributed by atoms with Gasteiger partial charge in [0.25, 0.3) is 0 Å². The largest absolute Gasteiger partial charge is 0.273 e. The van der Waals surface area contributed by atoms with E-state index in [0.29, 0.717) is 0 Å². The molecular weight excluding hydrogens is 292 g/mol. The van der Waals surface area contributed by atoms with E-state index in [2.05, 4.69) is 23.6 Å². The molecule has 0 aliphatic heterocycles. The molecule has 1 atom stereocenters. The molecule has 1 heterocycles. The SMILES string of the molecule is CCn1cc(CC(CSc2ccccc2Cl)NN)cn1. The lowest BCUT2D eigenvalue weighted by Crippen LogP contribution is -2.38. The molecule has 0 saturated carbocycles. The highest BCUT2D eigenvalue weighted by molar-refractivity contribution is 7.99. The Kier molecular flexibility index (Phi) is 5.91. The maximum atomic E-state index is 6.15. The van der Waals surface area contributed by atoms with Gasteiger partial charge in [0.2, 0.25) is 0 Å². The van der Waals surface area contributed by atoms with Crippen molar-refractivity contribution in [2.24, 2.45) is 5.84 Å². The zero-order valence-electron chi connectivity index (χ0n) is 11.4. The Balaban J connectivity index is 1.91. The second-order valence-corrected chi connectivity index (χ2v) is 5.98. The van der Waals surface area contributed by atoms with E-state index in [0.717, 1.165) is 28.6 Å². The third-order valence-electron chi connectivity index (χ3n) is 3.01. The molecule has 2 aromatic rings. The fraction of sp³-hybridized carbons (Fsp3) is 0.357. The number of nitrogens with one attached hydrogen (secondary N) is 1. The minimum absolute atomic E-state index is 0.186. The van der Waals surface area contributed by atoms with Crippen molar-refractivity contribution >= 4 is 23.4 Å². The molecule has 3 N–H and O–H groups in total. The number of halogens is 1. The number of hydrazine groups is 1. The molecule has 0 saturated heterocycles. The number of hydrogen-bond acceptors (Lipinski definition) is 4. The van der Waals surface area contributed by atoms with Gasteiger partial charge in [0.1, 0.15) is 0 Å². The van der Waals surface area contributed by atoms with Gasteiger partial charge in [-0.2, -0.15) is 5.10 Å². The molecule has 20 heavy (non-hydrogen) atoms. The maximum Gasteiger partial charge on any atom is 0.0541 e. The maximum absolute atomic E-state index is 6.15. The number of nitrogens with two attached hydrogens (primary N) is 1. The molecule has 6 heteroatoms. The van der Waals surface area contributed by atoms with Crippen LogP contribution >= 0.6 is 23.4 Å². The zero-order chi connectivity index (χ0) is 14.4. The highest BCUT2D eigenvalue weighted by Gasteiger charge is 2.11. The summed E-state index contributed by atoms with van der Waals surface area (Å²) in [6.45, 7) is 2.96. The predicted octanol–water partition coefficient (Wildman–Crippen LogP) is 2.72. The van der Waals surface area contributed by atoms with Crippen molar-refractivity contribution in [1.82, 2.24) is 15.2 Å². The molecule has 1 aromatic carbocycles. The molecule has 4 nitrogen and oxygen atoms in total. The van der Waals surface area contributed by atoms with Crippen LogP contribution in [0.1, 0.15) is 12.5 Å². The lowest BCUT2D eigenvalue weighted by atomic mass is 10.1. The second-order valence-electron chi connectivity index (χ2n) is 4.51. The molecule has 1 unspecified atom stereocenters. The van der Waals surface area contributed by atoms with Crippen LogP contribution in [0.25, 0.3) is 0 Å². The Morgan fingerprint density at radius 1 is 1.45 bits per heavy atom. The first-order valence-electron chi connectivity index (χ1n) is 6.57. The summed E-state index contributed by atoms with van der Waals surface area (Å²) in [5, 5.41) is 5.06. The summed E-state index contributed by atoms with van der Waals surface area (Å²) in [7, 11) is 0. The molecule has 0 fully saturated rings. The van der Waals surface area contributed by atoms with Crippen molar-refractivity contribution in [3.63, 3.8) is 0 Å². The summed E-state index contributed by atoms with van der Waals surface area (Å²) in [5.41, 5.74) is 4.06. The summed E-state index contributed by atoms with van der Waals surface area (Å²) in [5.74, 6) is 6.50. The van der Waals surface area contributed by atoms with Crippen LogP contribution in [0.4, 0.5) is 0 Å².